The van der Waals surface area contributed by atoms with E-state index < -0.39 is 0 Å². The van der Waals surface area contributed by atoms with Crippen molar-refractivity contribution < 1.29 is 0 Å². The molecule has 2 nitrogen and oxygen atoms in total. The molecule has 1 aliphatic rings. The average Bonchev–Trinajstić information content (AvgIpc) is 2.21. The Hall–Kier alpha value is -0.570. The van der Waals surface area contributed by atoms with E-state index in [-0.39, 0.29) is 4.87 Å². The van der Waals surface area contributed by atoms with Gasteiger partial charge in [-0.2, -0.15) is 0 Å². The largest absolute Gasteiger partial charge is 0.307 e. The molecule has 1 aromatic heterocycles. The highest BCUT2D eigenvalue weighted by Gasteiger charge is 2.20. The molecule has 0 unspecified atom stereocenters. The smallest absolute Gasteiger partial charge is 0.303 e. The first-order valence-electron chi connectivity index (χ1n) is 4.85. The molecule has 72 valence electrons. The van der Waals surface area contributed by atoms with Crippen molar-refractivity contribution in [3.8, 4) is 0 Å². The van der Waals surface area contributed by atoms with Crippen LogP contribution in [0.15, 0.2) is 4.79 Å². The van der Waals surface area contributed by atoms with Gasteiger partial charge in [-0.1, -0.05) is 17.8 Å². The third-order valence-electron chi connectivity index (χ3n) is 3.04. The standard InChI is InChI=1S/C10H15NOS/c1-7-8(2)13-10(12)11(7)6-9-4-3-5-9/h9H,3-6H2,1-2H3. The highest BCUT2D eigenvalue weighted by atomic mass is 32.1. The monoisotopic (exact) mass is 197 g/mol. The van der Waals surface area contributed by atoms with E-state index >= 15 is 0 Å². The second-order valence-corrected chi connectivity index (χ2v) is 5.08. The molecule has 0 aromatic carbocycles. The molecule has 2 rings (SSSR count). The summed E-state index contributed by atoms with van der Waals surface area (Å²) in [4.78, 5) is 12.9. The Balaban J connectivity index is 2.22. The van der Waals surface area contributed by atoms with E-state index in [0.717, 1.165) is 12.5 Å². The Bertz CT molecular complexity index is 359. The van der Waals surface area contributed by atoms with Crippen LogP contribution in [0.25, 0.3) is 0 Å². The van der Waals surface area contributed by atoms with Gasteiger partial charge in [0.25, 0.3) is 0 Å². The van der Waals surface area contributed by atoms with Crippen LogP contribution >= 0.6 is 11.3 Å². The van der Waals surface area contributed by atoms with Crippen molar-refractivity contribution in [3.63, 3.8) is 0 Å². The first kappa shape index (κ1) is 9.00. The molecule has 1 fully saturated rings. The summed E-state index contributed by atoms with van der Waals surface area (Å²) in [6.07, 6.45) is 3.96. The van der Waals surface area contributed by atoms with E-state index in [9.17, 15) is 4.79 Å². The van der Waals surface area contributed by atoms with Crippen molar-refractivity contribution in [2.24, 2.45) is 5.92 Å². The Morgan fingerprint density at radius 1 is 1.46 bits per heavy atom. The zero-order chi connectivity index (χ0) is 9.42. The van der Waals surface area contributed by atoms with E-state index in [0.29, 0.717) is 0 Å². The van der Waals surface area contributed by atoms with Gasteiger partial charge in [0.1, 0.15) is 0 Å². The minimum Gasteiger partial charge on any atom is -0.303 e. The maximum atomic E-state index is 11.5. The summed E-state index contributed by atoms with van der Waals surface area (Å²) in [6, 6.07) is 0. The van der Waals surface area contributed by atoms with Gasteiger partial charge in [0.2, 0.25) is 0 Å². The molecule has 0 bridgehead atoms. The van der Waals surface area contributed by atoms with Crippen molar-refractivity contribution in [2.45, 2.75) is 39.7 Å². The van der Waals surface area contributed by atoms with Crippen molar-refractivity contribution >= 4 is 11.3 Å². The molecule has 1 aromatic rings. The molecule has 0 N–H and O–H groups in total. The van der Waals surface area contributed by atoms with Crippen molar-refractivity contribution in [2.75, 3.05) is 0 Å². The van der Waals surface area contributed by atoms with Gasteiger partial charge in [-0.05, 0) is 32.6 Å². The van der Waals surface area contributed by atoms with Crippen molar-refractivity contribution in [3.05, 3.63) is 20.2 Å². The first-order valence-corrected chi connectivity index (χ1v) is 5.67. The number of hydrogen-bond acceptors (Lipinski definition) is 2. The van der Waals surface area contributed by atoms with Crippen LogP contribution in [0.1, 0.15) is 29.8 Å². The van der Waals surface area contributed by atoms with Crippen LogP contribution in [0.2, 0.25) is 0 Å². The molecule has 3 heteroatoms. The molecular weight excluding hydrogens is 182 g/mol. The Morgan fingerprint density at radius 3 is 2.54 bits per heavy atom. The summed E-state index contributed by atoms with van der Waals surface area (Å²) in [5.41, 5.74) is 1.17. The van der Waals surface area contributed by atoms with E-state index in [1.54, 1.807) is 0 Å². The zero-order valence-electron chi connectivity index (χ0n) is 8.17. The highest BCUT2D eigenvalue weighted by Crippen LogP contribution is 2.28. The van der Waals surface area contributed by atoms with E-state index in [1.807, 2.05) is 18.4 Å². The summed E-state index contributed by atoms with van der Waals surface area (Å²) >= 11 is 1.38. The number of aryl methyl sites for hydroxylation is 1. The molecule has 0 saturated heterocycles. The first-order chi connectivity index (χ1) is 6.18. The molecule has 0 amide bonds. The number of hydrogen-bond donors (Lipinski definition) is 0. The lowest BCUT2D eigenvalue weighted by Crippen LogP contribution is -2.24. The number of aromatic nitrogens is 1. The van der Waals surface area contributed by atoms with Crippen LogP contribution in [0.3, 0.4) is 0 Å². The second kappa shape index (κ2) is 3.29. The quantitative estimate of drug-likeness (QED) is 0.713. The summed E-state index contributed by atoms with van der Waals surface area (Å²) < 4.78 is 1.95. The predicted molar refractivity (Wildman–Crippen MR) is 55.4 cm³/mol. The van der Waals surface area contributed by atoms with Gasteiger partial charge in [-0.3, -0.25) is 4.79 Å². The molecule has 0 aliphatic heterocycles. The summed E-state index contributed by atoms with van der Waals surface area (Å²) in [7, 11) is 0. The van der Waals surface area contributed by atoms with E-state index in [4.69, 9.17) is 0 Å². The van der Waals surface area contributed by atoms with Gasteiger partial charge >= 0.3 is 4.87 Å². The van der Waals surface area contributed by atoms with Crippen LogP contribution in [-0.2, 0) is 6.54 Å². The Morgan fingerprint density at radius 2 is 2.15 bits per heavy atom. The zero-order valence-corrected chi connectivity index (χ0v) is 8.99. The Labute approximate surface area is 82.2 Å². The summed E-state index contributed by atoms with van der Waals surface area (Å²) in [6.45, 7) is 5.03. The van der Waals surface area contributed by atoms with Gasteiger partial charge in [0, 0.05) is 17.1 Å². The van der Waals surface area contributed by atoms with E-state index in [2.05, 4.69) is 0 Å². The molecule has 13 heavy (non-hydrogen) atoms. The van der Waals surface area contributed by atoms with Crippen LogP contribution in [0, 0.1) is 19.8 Å². The van der Waals surface area contributed by atoms with Crippen LogP contribution in [0.4, 0.5) is 0 Å². The minimum absolute atomic E-state index is 0.224. The summed E-state index contributed by atoms with van der Waals surface area (Å²) in [5.74, 6) is 0.769. The highest BCUT2D eigenvalue weighted by molar-refractivity contribution is 7.09. The third kappa shape index (κ3) is 1.57. The van der Waals surface area contributed by atoms with Gasteiger partial charge in [-0.25, -0.2) is 0 Å². The third-order valence-corrected chi connectivity index (χ3v) is 4.04. The lowest BCUT2D eigenvalue weighted by atomic mass is 9.85. The molecule has 1 heterocycles. The van der Waals surface area contributed by atoms with Crippen molar-refractivity contribution in [1.82, 2.24) is 4.57 Å². The SMILES string of the molecule is Cc1sc(=O)n(CC2CCC2)c1C. The second-order valence-electron chi connectivity index (χ2n) is 3.92. The average molecular weight is 197 g/mol. The molecule has 0 spiro atoms. The maximum absolute atomic E-state index is 11.5. The van der Waals surface area contributed by atoms with Gasteiger partial charge in [0.15, 0.2) is 0 Å². The van der Waals surface area contributed by atoms with Gasteiger partial charge in [-0.15, -0.1) is 0 Å². The predicted octanol–water partition coefficient (Wildman–Crippen LogP) is 2.33. The fraction of sp³-hybridized carbons (Fsp3) is 0.700. The topological polar surface area (TPSA) is 22.0 Å². The number of nitrogens with zero attached hydrogens (tertiary/aromatic N) is 1. The number of thiazole rings is 1. The number of rotatable bonds is 2. The van der Waals surface area contributed by atoms with Gasteiger partial charge < -0.3 is 4.57 Å². The van der Waals surface area contributed by atoms with Crippen LogP contribution in [-0.4, -0.2) is 4.57 Å². The van der Waals surface area contributed by atoms with Gasteiger partial charge in [0.05, 0.1) is 0 Å². The molecule has 0 radical (unpaired) electrons. The van der Waals surface area contributed by atoms with Crippen LogP contribution < -0.4 is 4.87 Å². The van der Waals surface area contributed by atoms with Crippen LogP contribution in [0.5, 0.6) is 0 Å². The fourth-order valence-electron chi connectivity index (χ4n) is 1.73. The normalized spacial score (nSPS) is 17.4. The lowest BCUT2D eigenvalue weighted by molar-refractivity contribution is 0.273. The fourth-order valence-corrected chi connectivity index (χ4v) is 2.57. The minimum atomic E-state index is 0.224. The van der Waals surface area contributed by atoms with E-state index in [1.165, 1.54) is 41.2 Å². The Kier molecular flexibility index (Phi) is 2.28. The molecular formula is C10H15NOS. The summed E-state index contributed by atoms with van der Waals surface area (Å²) in [5, 5.41) is 0. The molecule has 1 saturated carbocycles. The molecule has 1 aliphatic carbocycles. The van der Waals surface area contributed by atoms with Crippen molar-refractivity contribution in [1.29, 1.82) is 0 Å². The maximum Gasteiger partial charge on any atom is 0.307 e. The lowest BCUT2D eigenvalue weighted by Gasteiger charge is -2.25. The molecule has 0 atom stereocenters.